The summed E-state index contributed by atoms with van der Waals surface area (Å²) in [7, 11) is 0. The number of carbonyl (C=O) groups is 1. The summed E-state index contributed by atoms with van der Waals surface area (Å²) in [6.07, 6.45) is 3.16. The molecule has 1 aliphatic heterocycles. The maximum absolute atomic E-state index is 12.3. The molecule has 3 rings (SSSR count). The zero-order chi connectivity index (χ0) is 16.9. The molecule has 1 fully saturated rings. The number of amides is 1. The Morgan fingerprint density at radius 1 is 1.33 bits per heavy atom. The van der Waals surface area contributed by atoms with E-state index in [4.69, 9.17) is 9.26 Å². The number of aryl methyl sites for hydroxylation is 1. The molecule has 6 heteroatoms. The van der Waals surface area contributed by atoms with E-state index >= 15 is 0 Å². The minimum absolute atomic E-state index is 0.0216. The Morgan fingerprint density at radius 2 is 2.12 bits per heavy atom. The van der Waals surface area contributed by atoms with Crippen LogP contribution in [0.1, 0.15) is 17.0 Å². The highest BCUT2D eigenvalue weighted by Gasteiger charge is 2.30. The number of thioether (sulfide) groups is 1. The minimum Gasteiger partial charge on any atom is -0.379 e. The van der Waals surface area contributed by atoms with Gasteiger partial charge in [-0.05, 0) is 30.9 Å². The smallest absolute Gasteiger partial charge is 0.224 e. The number of ether oxygens (including phenoxy) is 1. The molecule has 0 bridgehead atoms. The molecule has 24 heavy (non-hydrogen) atoms. The third-order valence-electron chi connectivity index (χ3n) is 4.21. The van der Waals surface area contributed by atoms with E-state index in [1.54, 1.807) is 11.8 Å². The highest BCUT2D eigenvalue weighted by molar-refractivity contribution is 7.98. The molecule has 1 aromatic carbocycles. The fourth-order valence-electron chi connectivity index (χ4n) is 2.92. The van der Waals surface area contributed by atoms with E-state index in [1.807, 2.05) is 43.5 Å². The van der Waals surface area contributed by atoms with E-state index in [2.05, 4.69) is 10.5 Å². The molecule has 2 atom stereocenters. The van der Waals surface area contributed by atoms with Crippen molar-refractivity contribution in [3.8, 4) is 0 Å². The van der Waals surface area contributed by atoms with Crippen LogP contribution in [0.4, 0.5) is 0 Å². The molecule has 0 spiro atoms. The number of carbonyl (C=O) groups excluding carboxylic acids is 1. The van der Waals surface area contributed by atoms with Gasteiger partial charge in [-0.2, -0.15) is 0 Å². The van der Waals surface area contributed by atoms with E-state index < -0.39 is 0 Å². The van der Waals surface area contributed by atoms with Crippen molar-refractivity contribution in [3.63, 3.8) is 0 Å². The summed E-state index contributed by atoms with van der Waals surface area (Å²) in [5, 5.41) is 7.01. The second kappa shape index (κ2) is 7.85. The van der Waals surface area contributed by atoms with Crippen LogP contribution < -0.4 is 5.32 Å². The Kier molecular flexibility index (Phi) is 5.58. The SMILES string of the molecule is CSc1ccc(CC(=O)N[C@H]2COC[C@H]2Cc2cc(C)no2)cc1. The fraction of sp³-hybridized carbons (Fsp3) is 0.444. The molecule has 0 saturated carbocycles. The van der Waals surface area contributed by atoms with Crippen LogP contribution in [0.3, 0.4) is 0 Å². The molecule has 1 aliphatic rings. The third kappa shape index (κ3) is 4.39. The summed E-state index contributed by atoms with van der Waals surface area (Å²) >= 11 is 1.69. The molecule has 2 aromatic rings. The maximum Gasteiger partial charge on any atom is 0.224 e. The summed E-state index contributed by atoms with van der Waals surface area (Å²) in [4.78, 5) is 13.5. The average molecular weight is 346 g/mol. The predicted octanol–water partition coefficient (Wildman–Crippen LogP) is 2.62. The van der Waals surface area contributed by atoms with Crippen LogP contribution in [0.5, 0.6) is 0 Å². The van der Waals surface area contributed by atoms with Gasteiger partial charge in [0.25, 0.3) is 0 Å². The first kappa shape index (κ1) is 17.0. The zero-order valence-corrected chi connectivity index (χ0v) is 14.8. The Morgan fingerprint density at radius 3 is 2.79 bits per heavy atom. The van der Waals surface area contributed by atoms with Gasteiger partial charge in [-0.1, -0.05) is 17.3 Å². The van der Waals surface area contributed by atoms with Crippen molar-refractivity contribution in [2.45, 2.75) is 30.7 Å². The van der Waals surface area contributed by atoms with Crippen LogP contribution in [-0.4, -0.2) is 36.6 Å². The lowest BCUT2D eigenvalue weighted by Gasteiger charge is -2.18. The molecule has 0 aliphatic carbocycles. The first-order chi connectivity index (χ1) is 11.6. The topological polar surface area (TPSA) is 64.4 Å². The zero-order valence-electron chi connectivity index (χ0n) is 14.0. The molecule has 2 heterocycles. The van der Waals surface area contributed by atoms with Crippen LogP contribution in [0.25, 0.3) is 0 Å². The molecule has 1 amide bonds. The van der Waals surface area contributed by atoms with Crippen molar-refractivity contribution in [2.75, 3.05) is 19.5 Å². The number of hydrogen-bond donors (Lipinski definition) is 1. The monoisotopic (exact) mass is 346 g/mol. The van der Waals surface area contributed by atoms with Gasteiger partial charge in [-0.3, -0.25) is 4.79 Å². The van der Waals surface area contributed by atoms with Crippen LogP contribution in [-0.2, 0) is 22.4 Å². The molecule has 1 saturated heterocycles. The van der Waals surface area contributed by atoms with E-state index in [0.29, 0.717) is 19.6 Å². The Hall–Kier alpha value is -1.79. The lowest BCUT2D eigenvalue weighted by Crippen LogP contribution is -2.41. The number of nitrogens with one attached hydrogen (secondary N) is 1. The van der Waals surface area contributed by atoms with E-state index in [1.165, 1.54) is 4.90 Å². The van der Waals surface area contributed by atoms with Crippen LogP contribution in [0.15, 0.2) is 39.8 Å². The summed E-state index contributed by atoms with van der Waals surface area (Å²) in [5.41, 5.74) is 1.89. The molecule has 128 valence electrons. The van der Waals surface area contributed by atoms with Gasteiger partial charge in [-0.25, -0.2) is 0 Å². The van der Waals surface area contributed by atoms with E-state index in [9.17, 15) is 4.79 Å². The molecular formula is C18H22N2O3S. The summed E-state index contributed by atoms with van der Waals surface area (Å²) in [5.74, 6) is 1.09. The minimum atomic E-state index is 0.0216. The van der Waals surface area contributed by atoms with Crippen molar-refractivity contribution in [1.29, 1.82) is 0 Å². The third-order valence-corrected chi connectivity index (χ3v) is 4.95. The van der Waals surface area contributed by atoms with Crippen molar-refractivity contribution in [1.82, 2.24) is 10.5 Å². The predicted molar refractivity (Wildman–Crippen MR) is 93.1 cm³/mol. The highest BCUT2D eigenvalue weighted by atomic mass is 32.2. The van der Waals surface area contributed by atoms with Crippen molar-refractivity contribution in [3.05, 3.63) is 47.3 Å². The molecule has 0 radical (unpaired) electrons. The first-order valence-corrected chi connectivity index (χ1v) is 9.29. The lowest BCUT2D eigenvalue weighted by molar-refractivity contribution is -0.121. The van der Waals surface area contributed by atoms with Crippen molar-refractivity contribution in [2.24, 2.45) is 5.92 Å². The van der Waals surface area contributed by atoms with E-state index in [-0.39, 0.29) is 17.9 Å². The quantitative estimate of drug-likeness (QED) is 0.815. The van der Waals surface area contributed by atoms with Gasteiger partial charge < -0.3 is 14.6 Å². The van der Waals surface area contributed by atoms with Gasteiger partial charge in [-0.15, -0.1) is 11.8 Å². The standard InChI is InChI=1S/C18H22N2O3S/c1-12-7-15(23-20-12)9-14-10-22-11-17(14)19-18(21)8-13-3-5-16(24-2)6-4-13/h3-7,14,17H,8-11H2,1-2H3,(H,19,21)/t14-,17+/m1/s1. The molecule has 0 unspecified atom stereocenters. The van der Waals surface area contributed by atoms with Gasteiger partial charge in [0.15, 0.2) is 0 Å². The van der Waals surface area contributed by atoms with Gasteiger partial charge in [0, 0.05) is 23.3 Å². The van der Waals surface area contributed by atoms with Crippen LogP contribution in [0.2, 0.25) is 0 Å². The van der Waals surface area contributed by atoms with Crippen LogP contribution >= 0.6 is 11.8 Å². The number of nitrogens with zero attached hydrogens (tertiary/aromatic N) is 1. The average Bonchev–Trinajstić information content (AvgIpc) is 3.18. The second-order valence-electron chi connectivity index (χ2n) is 6.14. The van der Waals surface area contributed by atoms with Gasteiger partial charge >= 0.3 is 0 Å². The Bertz CT molecular complexity index is 684. The largest absolute Gasteiger partial charge is 0.379 e. The Balaban J connectivity index is 1.54. The molecule has 1 aromatic heterocycles. The molecule has 1 N–H and O–H groups in total. The highest BCUT2D eigenvalue weighted by Crippen LogP contribution is 2.20. The second-order valence-corrected chi connectivity index (χ2v) is 7.01. The number of aromatic nitrogens is 1. The molecular weight excluding hydrogens is 324 g/mol. The summed E-state index contributed by atoms with van der Waals surface area (Å²) in [6.45, 7) is 3.09. The van der Waals surface area contributed by atoms with Crippen molar-refractivity contribution >= 4 is 17.7 Å². The fourth-order valence-corrected chi connectivity index (χ4v) is 3.33. The number of hydrogen-bond acceptors (Lipinski definition) is 5. The lowest BCUT2D eigenvalue weighted by atomic mass is 9.98. The summed E-state index contributed by atoms with van der Waals surface area (Å²) < 4.78 is 10.8. The van der Waals surface area contributed by atoms with Crippen LogP contribution in [0, 0.1) is 12.8 Å². The van der Waals surface area contributed by atoms with Gasteiger partial charge in [0.1, 0.15) is 5.76 Å². The number of benzene rings is 1. The Labute approximate surface area is 146 Å². The number of rotatable bonds is 6. The molecule has 5 nitrogen and oxygen atoms in total. The van der Waals surface area contributed by atoms with Gasteiger partial charge in [0.2, 0.25) is 5.91 Å². The van der Waals surface area contributed by atoms with Crippen molar-refractivity contribution < 1.29 is 14.1 Å². The normalized spacial score (nSPS) is 20.2. The van der Waals surface area contributed by atoms with E-state index in [0.717, 1.165) is 23.4 Å². The van der Waals surface area contributed by atoms with Gasteiger partial charge in [0.05, 0.1) is 31.4 Å². The summed E-state index contributed by atoms with van der Waals surface area (Å²) in [6, 6.07) is 10.1. The first-order valence-electron chi connectivity index (χ1n) is 8.06. The maximum atomic E-state index is 12.3.